The predicted molar refractivity (Wildman–Crippen MR) is 74.7 cm³/mol. The van der Waals surface area contributed by atoms with Gasteiger partial charge < -0.3 is 4.74 Å². The topological polar surface area (TPSA) is 33.0 Å². The smallest absolute Gasteiger partial charge is 0.292 e. The number of unbranched alkanes of at least 4 members (excludes halogenated alkanes) is 1. The second-order valence-electron chi connectivity index (χ2n) is 5.82. The van der Waals surface area contributed by atoms with Gasteiger partial charge in [-0.2, -0.15) is 0 Å². The van der Waals surface area contributed by atoms with Gasteiger partial charge in [-0.15, -0.1) is 5.26 Å². The van der Waals surface area contributed by atoms with Crippen molar-refractivity contribution in [3.8, 4) is 12.0 Å². The summed E-state index contributed by atoms with van der Waals surface area (Å²) in [5.41, 5.74) is 3.68. The van der Waals surface area contributed by atoms with Crippen LogP contribution in [0.5, 0.6) is 5.75 Å². The third-order valence-corrected chi connectivity index (χ3v) is 3.20. The number of benzene rings is 1. The summed E-state index contributed by atoms with van der Waals surface area (Å²) >= 11 is 0. The zero-order valence-corrected chi connectivity index (χ0v) is 12.1. The van der Waals surface area contributed by atoms with Gasteiger partial charge in [-0.1, -0.05) is 40.2 Å². The highest BCUT2D eigenvalue weighted by molar-refractivity contribution is 5.46. The van der Waals surface area contributed by atoms with E-state index in [1.54, 1.807) is 6.26 Å². The Hall–Kier alpha value is -1.49. The summed E-state index contributed by atoms with van der Waals surface area (Å²) in [4.78, 5) is 0. The molecule has 0 aliphatic heterocycles. The highest BCUT2D eigenvalue weighted by atomic mass is 16.5. The third kappa shape index (κ3) is 3.50. The van der Waals surface area contributed by atoms with Crippen LogP contribution in [0.1, 0.15) is 57.2 Å². The zero-order chi connectivity index (χ0) is 13.8. The van der Waals surface area contributed by atoms with Crippen molar-refractivity contribution in [3.05, 3.63) is 28.8 Å². The molecular formula is C16H23NO. The minimum atomic E-state index is -0.0130. The van der Waals surface area contributed by atoms with Crippen molar-refractivity contribution in [2.24, 2.45) is 0 Å². The lowest BCUT2D eigenvalue weighted by atomic mass is 9.83. The molecule has 0 aliphatic carbocycles. The summed E-state index contributed by atoms with van der Waals surface area (Å²) < 4.78 is 5.11. The van der Waals surface area contributed by atoms with E-state index in [0.717, 1.165) is 12.0 Å². The molecule has 0 fully saturated rings. The van der Waals surface area contributed by atoms with Gasteiger partial charge in [0.1, 0.15) is 5.75 Å². The maximum atomic E-state index is 8.74. The second-order valence-corrected chi connectivity index (χ2v) is 5.82. The van der Waals surface area contributed by atoms with Gasteiger partial charge in [-0.25, -0.2) is 0 Å². The summed E-state index contributed by atoms with van der Waals surface area (Å²) in [5, 5.41) is 8.74. The van der Waals surface area contributed by atoms with E-state index in [9.17, 15) is 0 Å². The number of nitrogens with zero attached hydrogens (tertiary/aromatic N) is 1. The molecule has 0 atom stereocenters. The molecule has 0 heterocycles. The average Bonchev–Trinajstić information content (AvgIpc) is 2.26. The summed E-state index contributed by atoms with van der Waals surface area (Å²) in [7, 11) is 0. The van der Waals surface area contributed by atoms with Crippen LogP contribution in [0, 0.1) is 18.4 Å². The molecule has 1 aromatic rings. The van der Waals surface area contributed by atoms with Crippen molar-refractivity contribution in [2.75, 3.05) is 0 Å². The lowest BCUT2D eigenvalue weighted by Crippen LogP contribution is -2.14. The third-order valence-electron chi connectivity index (χ3n) is 3.20. The van der Waals surface area contributed by atoms with Gasteiger partial charge in [0.15, 0.2) is 0 Å². The molecule has 0 bridgehead atoms. The Labute approximate surface area is 111 Å². The number of hydrogen-bond donors (Lipinski definition) is 0. The van der Waals surface area contributed by atoms with E-state index in [2.05, 4.69) is 40.7 Å². The standard InChI is InChI=1S/C16H23NO/c1-6-7-8-13-10-14(16(3,4)5)15(18-11-17)9-12(13)2/h9-10H,6-8H2,1-5H3. The van der Waals surface area contributed by atoms with Gasteiger partial charge in [0, 0.05) is 5.56 Å². The Morgan fingerprint density at radius 3 is 2.44 bits per heavy atom. The molecule has 2 heteroatoms. The summed E-state index contributed by atoms with van der Waals surface area (Å²) in [6.45, 7) is 10.7. The Bertz CT molecular complexity index is 449. The van der Waals surface area contributed by atoms with E-state index in [4.69, 9.17) is 10.00 Å². The lowest BCUT2D eigenvalue weighted by molar-refractivity contribution is 0.473. The average molecular weight is 245 g/mol. The molecule has 0 amide bonds. The number of rotatable bonds is 4. The SMILES string of the molecule is CCCCc1cc(C(C)(C)C)c(OC#N)cc1C. The van der Waals surface area contributed by atoms with Crippen LogP contribution in [0.15, 0.2) is 12.1 Å². The monoisotopic (exact) mass is 245 g/mol. The first kappa shape index (κ1) is 14.6. The second kappa shape index (κ2) is 5.91. The van der Waals surface area contributed by atoms with Gasteiger partial charge in [-0.3, -0.25) is 0 Å². The summed E-state index contributed by atoms with van der Waals surface area (Å²) in [6, 6.07) is 4.20. The Morgan fingerprint density at radius 1 is 1.28 bits per heavy atom. The van der Waals surface area contributed by atoms with Crippen LogP contribution in [-0.2, 0) is 11.8 Å². The fourth-order valence-electron chi connectivity index (χ4n) is 2.08. The molecule has 0 aromatic heterocycles. The molecule has 0 saturated heterocycles. The maximum Gasteiger partial charge on any atom is 0.292 e. The van der Waals surface area contributed by atoms with E-state index < -0.39 is 0 Å². The van der Waals surface area contributed by atoms with Crippen LogP contribution in [0.3, 0.4) is 0 Å². The van der Waals surface area contributed by atoms with Crippen LogP contribution in [0.4, 0.5) is 0 Å². The quantitative estimate of drug-likeness (QED) is 0.732. The molecule has 18 heavy (non-hydrogen) atoms. The van der Waals surface area contributed by atoms with Crippen LogP contribution in [0.2, 0.25) is 0 Å². The molecule has 0 saturated carbocycles. The minimum Gasteiger partial charge on any atom is -0.388 e. The number of ether oxygens (including phenoxy) is 1. The van der Waals surface area contributed by atoms with Crippen LogP contribution < -0.4 is 4.74 Å². The molecule has 0 spiro atoms. The van der Waals surface area contributed by atoms with E-state index in [-0.39, 0.29) is 5.41 Å². The first-order valence-corrected chi connectivity index (χ1v) is 6.60. The highest BCUT2D eigenvalue weighted by Gasteiger charge is 2.21. The van der Waals surface area contributed by atoms with Crippen LogP contribution in [0.25, 0.3) is 0 Å². The largest absolute Gasteiger partial charge is 0.388 e. The van der Waals surface area contributed by atoms with Crippen molar-refractivity contribution < 1.29 is 4.74 Å². The molecule has 2 nitrogen and oxygen atoms in total. The van der Waals surface area contributed by atoms with Gasteiger partial charge >= 0.3 is 0 Å². The Kier molecular flexibility index (Phi) is 4.78. The molecule has 0 radical (unpaired) electrons. The molecule has 1 rings (SSSR count). The fraction of sp³-hybridized carbons (Fsp3) is 0.562. The molecule has 0 N–H and O–H groups in total. The van der Waals surface area contributed by atoms with Crippen LogP contribution >= 0.6 is 0 Å². The fourth-order valence-corrected chi connectivity index (χ4v) is 2.08. The number of hydrogen-bond acceptors (Lipinski definition) is 2. The van der Waals surface area contributed by atoms with Gasteiger partial charge in [0.05, 0.1) is 0 Å². The Morgan fingerprint density at radius 2 is 1.94 bits per heavy atom. The van der Waals surface area contributed by atoms with Crippen molar-refractivity contribution in [1.82, 2.24) is 0 Å². The maximum absolute atomic E-state index is 8.74. The van der Waals surface area contributed by atoms with Crippen molar-refractivity contribution in [1.29, 1.82) is 5.26 Å². The first-order valence-electron chi connectivity index (χ1n) is 6.60. The summed E-state index contributed by atoms with van der Waals surface area (Å²) in [6.07, 6.45) is 5.27. The Balaban J connectivity index is 3.23. The lowest BCUT2D eigenvalue weighted by Gasteiger charge is -2.23. The molecular weight excluding hydrogens is 222 g/mol. The van der Waals surface area contributed by atoms with Crippen molar-refractivity contribution in [3.63, 3.8) is 0 Å². The van der Waals surface area contributed by atoms with E-state index >= 15 is 0 Å². The van der Waals surface area contributed by atoms with Crippen LogP contribution in [-0.4, -0.2) is 0 Å². The van der Waals surface area contributed by atoms with Crippen molar-refractivity contribution >= 4 is 0 Å². The molecule has 0 unspecified atom stereocenters. The molecule has 0 aliphatic rings. The normalized spacial score (nSPS) is 11.1. The van der Waals surface area contributed by atoms with E-state index in [1.807, 2.05) is 6.07 Å². The van der Waals surface area contributed by atoms with Gasteiger partial charge in [0.25, 0.3) is 6.26 Å². The van der Waals surface area contributed by atoms with Gasteiger partial charge in [0.2, 0.25) is 0 Å². The predicted octanol–water partition coefficient (Wildman–Crippen LogP) is 4.50. The number of nitriles is 1. The first-order chi connectivity index (χ1) is 8.40. The van der Waals surface area contributed by atoms with Crippen molar-refractivity contribution in [2.45, 2.75) is 59.3 Å². The molecule has 98 valence electrons. The minimum absolute atomic E-state index is 0.0130. The summed E-state index contributed by atoms with van der Waals surface area (Å²) in [5.74, 6) is 0.697. The van der Waals surface area contributed by atoms with E-state index in [1.165, 1.54) is 24.0 Å². The zero-order valence-electron chi connectivity index (χ0n) is 12.1. The molecule has 1 aromatic carbocycles. The number of aryl methyl sites for hydroxylation is 2. The van der Waals surface area contributed by atoms with E-state index in [0.29, 0.717) is 5.75 Å². The van der Waals surface area contributed by atoms with Gasteiger partial charge in [-0.05, 0) is 42.4 Å². The highest BCUT2D eigenvalue weighted by Crippen LogP contribution is 2.34.